The van der Waals surface area contributed by atoms with Crippen molar-refractivity contribution in [2.24, 2.45) is 5.92 Å². The average Bonchev–Trinajstić information content (AvgIpc) is 2.34. The van der Waals surface area contributed by atoms with Crippen molar-refractivity contribution in [3.63, 3.8) is 0 Å². The van der Waals surface area contributed by atoms with Crippen molar-refractivity contribution in [3.05, 3.63) is 0 Å². The van der Waals surface area contributed by atoms with Crippen LogP contribution >= 0.6 is 0 Å². The quantitative estimate of drug-likeness (QED) is 0.492. The maximum absolute atomic E-state index is 9.67. The van der Waals surface area contributed by atoms with Crippen LogP contribution < -0.4 is 0 Å². The van der Waals surface area contributed by atoms with E-state index in [1.807, 2.05) is 13.8 Å². The number of hydrogen-bond donors (Lipinski definition) is 4. The second kappa shape index (κ2) is 6.63. The highest BCUT2D eigenvalue weighted by Crippen LogP contribution is 2.22. The largest absolute Gasteiger partial charge is 0.394 e. The lowest BCUT2D eigenvalue weighted by molar-refractivity contribution is -0.303. The monoisotopic (exact) mass is 250 g/mol. The number of hydrogen-bond acceptors (Lipinski definition) is 6. The fourth-order valence-corrected chi connectivity index (χ4v) is 1.58. The van der Waals surface area contributed by atoms with E-state index in [1.165, 1.54) is 0 Å². The molecule has 1 saturated heterocycles. The van der Waals surface area contributed by atoms with E-state index in [-0.39, 0.29) is 0 Å². The van der Waals surface area contributed by atoms with Gasteiger partial charge in [0.05, 0.1) is 13.2 Å². The van der Waals surface area contributed by atoms with E-state index in [9.17, 15) is 15.3 Å². The molecule has 17 heavy (non-hydrogen) atoms. The van der Waals surface area contributed by atoms with Crippen LogP contribution in [-0.2, 0) is 9.47 Å². The Labute approximate surface area is 101 Å². The molecule has 1 aliphatic rings. The Morgan fingerprint density at radius 2 is 1.82 bits per heavy atom. The fourth-order valence-electron chi connectivity index (χ4n) is 1.58. The molecule has 102 valence electrons. The summed E-state index contributed by atoms with van der Waals surface area (Å²) < 4.78 is 10.5. The second-order valence-electron chi connectivity index (χ2n) is 4.54. The zero-order valence-corrected chi connectivity index (χ0v) is 10.2. The molecule has 0 aromatic heterocycles. The van der Waals surface area contributed by atoms with Gasteiger partial charge in [0, 0.05) is 0 Å². The minimum atomic E-state index is -1.37. The lowest BCUT2D eigenvalue weighted by Crippen LogP contribution is -2.59. The molecule has 1 heterocycles. The Bertz CT molecular complexity index is 222. The number of aliphatic hydroxyl groups is 4. The van der Waals surface area contributed by atoms with Crippen molar-refractivity contribution in [1.29, 1.82) is 0 Å². The number of ether oxygens (including phenoxy) is 2. The van der Waals surface area contributed by atoms with Crippen molar-refractivity contribution in [2.45, 2.75) is 51.0 Å². The summed E-state index contributed by atoms with van der Waals surface area (Å²) in [5.41, 5.74) is 0. The maximum Gasteiger partial charge on any atom is 0.186 e. The first-order valence-corrected chi connectivity index (χ1v) is 5.93. The minimum absolute atomic E-state index is 0.308. The van der Waals surface area contributed by atoms with Gasteiger partial charge in [-0.25, -0.2) is 0 Å². The molecule has 0 radical (unpaired) electrons. The molecule has 6 unspecified atom stereocenters. The van der Waals surface area contributed by atoms with Gasteiger partial charge in [0.25, 0.3) is 0 Å². The van der Waals surface area contributed by atoms with Crippen LogP contribution in [0.5, 0.6) is 0 Å². The van der Waals surface area contributed by atoms with E-state index in [0.717, 1.165) is 6.42 Å². The van der Waals surface area contributed by atoms with Gasteiger partial charge in [-0.05, 0) is 5.92 Å². The third-order valence-corrected chi connectivity index (χ3v) is 3.09. The molecule has 6 heteroatoms. The zero-order valence-electron chi connectivity index (χ0n) is 10.2. The summed E-state index contributed by atoms with van der Waals surface area (Å²) in [4.78, 5) is 0. The van der Waals surface area contributed by atoms with E-state index in [4.69, 9.17) is 14.6 Å². The Balaban J connectivity index is 2.53. The normalized spacial score (nSPS) is 40.2. The SMILES string of the molecule is CCC(C)COC1OC(CO)C(O)C(O)C1O. The molecule has 4 N–H and O–H groups in total. The van der Waals surface area contributed by atoms with Crippen molar-refractivity contribution < 1.29 is 29.9 Å². The predicted molar refractivity (Wildman–Crippen MR) is 59.2 cm³/mol. The summed E-state index contributed by atoms with van der Waals surface area (Å²) in [5, 5.41) is 37.7. The molecule has 6 nitrogen and oxygen atoms in total. The summed E-state index contributed by atoms with van der Waals surface area (Å²) >= 11 is 0. The standard InChI is InChI=1S/C11H22O6/c1-3-6(2)5-16-11-10(15)9(14)8(13)7(4-12)17-11/h6-15H,3-5H2,1-2H3. The Hall–Kier alpha value is -0.240. The highest BCUT2D eigenvalue weighted by Gasteiger charge is 2.43. The number of aliphatic hydroxyl groups excluding tert-OH is 4. The van der Waals surface area contributed by atoms with Crippen molar-refractivity contribution >= 4 is 0 Å². The highest BCUT2D eigenvalue weighted by atomic mass is 16.7. The van der Waals surface area contributed by atoms with Gasteiger partial charge < -0.3 is 29.9 Å². The highest BCUT2D eigenvalue weighted by molar-refractivity contribution is 4.88. The fraction of sp³-hybridized carbons (Fsp3) is 1.00. The third-order valence-electron chi connectivity index (χ3n) is 3.09. The van der Waals surface area contributed by atoms with Crippen LogP contribution in [0.25, 0.3) is 0 Å². The molecule has 0 amide bonds. The van der Waals surface area contributed by atoms with Crippen LogP contribution in [0.1, 0.15) is 20.3 Å². The lowest BCUT2D eigenvalue weighted by atomic mass is 9.99. The van der Waals surface area contributed by atoms with Crippen LogP contribution in [0.3, 0.4) is 0 Å². The first-order valence-electron chi connectivity index (χ1n) is 5.93. The van der Waals surface area contributed by atoms with Crippen LogP contribution in [0.2, 0.25) is 0 Å². The topological polar surface area (TPSA) is 99.4 Å². The molecular weight excluding hydrogens is 228 g/mol. The average molecular weight is 250 g/mol. The van der Waals surface area contributed by atoms with Gasteiger partial charge in [0.1, 0.15) is 24.4 Å². The molecular formula is C11H22O6. The van der Waals surface area contributed by atoms with Crippen molar-refractivity contribution in [1.82, 2.24) is 0 Å². The summed E-state index contributed by atoms with van der Waals surface area (Å²) in [6.07, 6.45) is -5.01. The molecule has 0 aliphatic carbocycles. The van der Waals surface area contributed by atoms with E-state index < -0.39 is 37.3 Å². The molecule has 1 rings (SSSR count). The van der Waals surface area contributed by atoms with Gasteiger partial charge >= 0.3 is 0 Å². The van der Waals surface area contributed by atoms with Gasteiger partial charge in [-0.2, -0.15) is 0 Å². The summed E-state index contributed by atoms with van der Waals surface area (Å²) in [5.74, 6) is 0.308. The Morgan fingerprint density at radius 1 is 1.18 bits per heavy atom. The van der Waals surface area contributed by atoms with E-state index in [1.54, 1.807) is 0 Å². The van der Waals surface area contributed by atoms with Crippen LogP contribution in [0.4, 0.5) is 0 Å². The smallest absolute Gasteiger partial charge is 0.186 e. The van der Waals surface area contributed by atoms with Gasteiger partial charge in [-0.3, -0.25) is 0 Å². The Morgan fingerprint density at radius 3 is 2.35 bits per heavy atom. The Kier molecular flexibility index (Phi) is 5.78. The summed E-state index contributed by atoms with van der Waals surface area (Å²) in [6, 6.07) is 0. The van der Waals surface area contributed by atoms with Crippen LogP contribution in [-0.4, -0.2) is 64.3 Å². The van der Waals surface area contributed by atoms with Gasteiger partial charge in [0.2, 0.25) is 0 Å². The first kappa shape index (κ1) is 14.8. The summed E-state index contributed by atoms with van der Waals surface area (Å²) in [6.45, 7) is 3.96. The predicted octanol–water partition coefficient (Wildman–Crippen LogP) is -1.15. The summed E-state index contributed by atoms with van der Waals surface area (Å²) in [7, 11) is 0. The zero-order chi connectivity index (χ0) is 13.0. The van der Waals surface area contributed by atoms with Crippen LogP contribution in [0, 0.1) is 5.92 Å². The minimum Gasteiger partial charge on any atom is -0.394 e. The first-order chi connectivity index (χ1) is 8.01. The van der Waals surface area contributed by atoms with E-state index in [2.05, 4.69) is 0 Å². The second-order valence-corrected chi connectivity index (χ2v) is 4.54. The molecule has 1 fully saturated rings. The van der Waals surface area contributed by atoms with Gasteiger partial charge in [-0.15, -0.1) is 0 Å². The number of rotatable bonds is 5. The van der Waals surface area contributed by atoms with Crippen molar-refractivity contribution in [3.8, 4) is 0 Å². The molecule has 0 bridgehead atoms. The molecule has 6 atom stereocenters. The van der Waals surface area contributed by atoms with E-state index in [0.29, 0.717) is 12.5 Å². The maximum atomic E-state index is 9.67. The van der Waals surface area contributed by atoms with Gasteiger partial charge in [0.15, 0.2) is 6.29 Å². The van der Waals surface area contributed by atoms with Gasteiger partial charge in [-0.1, -0.05) is 20.3 Å². The molecule has 0 saturated carbocycles. The molecule has 1 aliphatic heterocycles. The molecule has 0 aromatic rings. The van der Waals surface area contributed by atoms with Crippen molar-refractivity contribution in [2.75, 3.05) is 13.2 Å². The molecule has 0 spiro atoms. The van der Waals surface area contributed by atoms with Crippen LogP contribution in [0.15, 0.2) is 0 Å². The third kappa shape index (κ3) is 3.61. The molecule has 0 aromatic carbocycles. The van der Waals surface area contributed by atoms with E-state index >= 15 is 0 Å². The lowest BCUT2D eigenvalue weighted by Gasteiger charge is -2.39.